The Kier molecular flexibility index (Phi) is 5.25. The van der Waals surface area contributed by atoms with Gasteiger partial charge in [0.1, 0.15) is 11.4 Å². The molecule has 2 aliphatic rings. The standard InChI is InChI=1S/C21H27FN4O/c22-19-5-2-1-4-18(19)16-17-6-14-25(15-7-17)20(27)21(8-11-23-12-9-21)26-13-3-10-24-26/h1-5,10,13,17,23H,6-9,11-12,14-16H2. The zero-order valence-electron chi connectivity index (χ0n) is 15.6. The Bertz CT molecular complexity index is 762. The number of nitrogens with zero attached hydrogens (tertiary/aromatic N) is 3. The van der Waals surface area contributed by atoms with Crippen molar-refractivity contribution in [3.05, 3.63) is 54.1 Å². The van der Waals surface area contributed by atoms with Crippen LogP contribution in [0.25, 0.3) is 0 Å². The van der Waals surface area contributed by atoms with Crippen molar-refractivity contribution in [2.75, 3.05) is 26.2 Å². The number of carbonyl (C=O) groups excluding carboxylic acids is 1. The largest absolute Gasteiger partial charge is 0.341 e. The molecule has 3 heterocycles. The summed E-state index contributed by atoms with van der Waals surface area (Å²) in [5.74, 6) is 0.500. The van der Waals surface area contributed by atoms with E-state index in [0.29, 0.717) is 5.92 Å². The molecule has 1 N–H and O–H groups in total. The Labute approximate surface area is 159 Å². The number of likely N-dealkylation sites (tertiary alicyclic amines) is 1. The molecule has 0 bridgehead atoms. The van der Waals surface area contributed by atoms with Crippen LogP contribution in [0.4, 0.5) is 4.39 Å². The van der Waals surface area contributed by atoms with Gasteiger partial charge in [-0.2, -0.15) is 5.10 Å². The van der Waals surface area contributed by atoms with Gasteiger partial charge in [-0.3, -0.25) is 9.48 Å². The molecule has 2 saturated heterocycles. The first-order valence-electron chi connectivity index (χ1n) is 9.93. The van der Waals surface area contributed by atoms with Crippen molar-refractivity contribution in [2.24, 2.45) is 5.92 Å². The molecule has 1 aromatic carbocycles. The Morgan fingerprint density at radius 2 is 1.93 bits per heavy atom. The highest BCUT2D eigenvalue weighted by molar-refractivity contribution is 5.84. The molecule has 0 aliphatic carbocycles. The Hall–Kier alpha value is -2.21. The molecule has 2 fully saturated rings. The monoisotopic (exact) mass is 370 g/mol. The first kappa shape index (κ1) is 18.2. The van der Waals surface area contributed by atoms with Gasteiger partial charge in [-0.1, -0.05) is 18.2 Å². The van der Waals surface area contributed by atoms with E-state index < -0.39 is 5.54 Å². The lowest BCUT2D eigenvalue weighted by molar-refractivity contribution is -0.144. The van der Waals surface area contributed by atoms with Gasteiger partial charge in [-0.25, -0.2) is 4.39 Å². The van der Waals surface area contributed by atoms with Crippen molar-refractivity contribution in [3.8, 4) is 0 Å². The van der Waals surface area contributed by atoms with Gasteiger partial charge >= 0.3 is 0 Å². The second-order valence-electron chi connectivity index (χ2n) is 7.76. The van der Waals surface area contributed by atoms with Crippen LogP contribution in [-0.4, -0.2) is 46.8 Å². The highest BCUT2D eigenvalue weighted by atomic mass is 19.1. The Morgan fingerprint density at radius 3 is 2.59 bits per heavy atom. The molecule has 0 atom stereocenters. The van der Waals surface area contributed by atoms with Crippen LogP contribution >= 0.6 is 0 Å². The van der Waals surface area contributed by atoms with E-state index in [9.17, 15) is 9.18 Å². The van der Waals surface area contributed by atoms with Gasteiger partial charge in [0.25, 0.3) is 5.91 Å². The molecule has 6 heteroatoms. The number of halogens is 1. The second kappa shape index (κ2) is 7.80. The molecular formula is C21H27FN4O. The van der Waals surface area contributed by atoms with Crippen molar-refractivity contribution >= 4 is 5.91 Å². The summed E-state index contributed by atoms with van der Waals surface area (Å²) >= 11 is 0. The smallest absolute Gasteiger partial charge is 0.250 e. The number of amides is 1. The third-order valence-corrected chi connectivity index (χ3v) is 6.14. The van der Waals surface area contributed by atoms with Crippen molar-refractivity contribution in [1.29, 1.82) is 0 Å². The van der Waals surface area contributed by atoms with Gasteiger partial charge in [0.2, 0.25) is 0 Å². The lowest BCUT2D eigenvalue weighted by Gasteiger charge is -2.42. The molecular weight excluding hydrogens is 343 g/mol. The maximum absolute atomic E-state index is 13.9. The van der Waals surface area contributed by atoms with Crippen LogP contribution < -0.4 is 5.32 Å². The number of carbonyl (C=O) groups is 1. The first-order chi connectivity index (χ1) is 13.2. The van der Waals surface area contributed by atoms with Crippen LogP contribution in [0.15, 0.2) is 42.7 Å². The number of aromatic nitrogens is 2. The minimum absolute atomic E-state index is 0.122. The maximum Gasteiger partial charge on any atom is 0.250 e. The predicted octanol–water partition coefficient (Wildman–Crippen LogP) is 2.58. The van der Waals surface area contributed by atoms with E-state index in [2.05, 4.69) is 10.4 Å². The number of hydrogen-bond acceptors (Lipinski definition) is 3. The van der Waals surface area contributed by atoms with Crippen LogP contribution in [0.5, 0.6) is 0 Å². The third kappa shape index (κ3) is 3.63. The van der Waals surface area contributed by atoms with Gasteiger partial charge in [0.05, 0.1) is 0 Å². The van der Waals surface area contributed by atoms with Crippen molar-refractivity contribution < 1.29 is 9.18 Å². The van der Waals surface area contributed by atoms with Crippen LogP contribution in [0, 0.1) is 11.7 Å². The number of nitrogens with one attached hydrogen (secondary N) is 1. The number of hydrogen-bond donors (Lipinski definition) is 1. The molecule has 27 heavy (non-hydrogen) atoms. The van der Waals surface area contributed by atoms with E-state index in [1.807, 2.05) is 34.0 Å². The molecule has 0 unspecified atom stereocenters. The average Bonchev–Trinajstić information content (AvgIpc) is 3.26. The Morgan fingerprint density at radius 1 is 1.19 bits per heavy atom. The highest BCUT2D eigenvalue weighted by Gasteiger charge is 2.45. The maximum atomic E-state index is 13.9. The molecule has 2 aliphatic heterocycles. The average molecular weight is 370 g/mol. The van der Waals surface area contributed by atoms with Gasteiger partial charge in [0, 0.05) is 25.5 Å². The summed E-state index contributed by atoms with van der Waals surface area (Å²) in [6.45, 7) is 3.15. The zero-order valence-corrected chi connectivity index (χ0v) is 15.6. The van der Waals surface area contributed by atoms with Gasteiger partial charge in [-0.05, 0) is 68.8 Å². The molecule has 4 rings (SSSR count). The van der Waals surface area contributed by atoms with Crippen molar-refractivity contribution in [3.63, 3.8) is 0 Å². The normalized spacial score (nSPS) is 20.6. The molecule has 1 amide bonds. The summed E-state index contributed by atoms with van der Waals surface area (Å²) < 4.78 is 15.8. The first-order valence-corrected chi connectivity index (χ1v) is 9.93. The minimum atomic E-state index is -0.562. The summed E-state index contributed by atoms with van der Waals surface area (Å²) in [5, 5.41) is 7.76. The van der Waals surface area contributed by atoms with Crippen molar-refractivity contribution in [1.82, 2.24) is 20.0 Å². The summed E-state index contributed by atoms with van der Waals surface area (Å²) in [7, 11) is 0. The molecule has 0 saturated carbocycles. The quantitative estimate of drug-likeness (QED) is 0.900. The second-order valence-corrected chi connectivity index (χ2v) is 7.76. The fourth-order valence-corrected chi connectivity index (χ4v) is 4.51. The molecule has 2 aromatic rings. The van der Waals surface area contributed by atoms with Crippen LogP contribution in [0.3, 0.4) is 0 Å². The van der Waals surface area contributed by atoms with Crippen LogP contribution in [-0.2, 0) is 16.8 Å². The number of benzene rings is 1. The fourth-order valence-electron chi connectivity index (χ4n) is 4.51. The zero-order chi connectivity index (χ0) is 18.7. The van der Waals surface area contributed by atoms with Gasteiger partial charge < -0.3 is 10.2 Å². The van der Waals surface area contributed by atoms with Crippen LogP contribution in [0.1, 0.15) is 31.2 Å². The molecule has 1 aromatic heterocycles. The minimum Gasteiger partial charge on any atom is -0.341 e. The summed E-state index contributed by atoms with van der Waals surface area (Å²) in [6, 6.07) is 8.90. The number of rotatable bonds is 4. The lowest BCUT2D eigenvalue weighted by atomic mass is 9.84. The molecule has 0 spiro atoms. The summed E-state index contributed by atoms with van der Waals surface area (Å²) in [4.78, 5) is 15.5. The van der Waals surface area contributed by atoms with Crippen LogP contribution in [0.2, 0.25) is 0 Å². The van der Waals surface area contributed by atoms with E-state index >= 15 is 0 Å². The van der Waals surface area contributed by atoms with E-state index in [1.54, 1.807) is 12.3 Å². The Balaban J connectivity index is 1.42. The SMILES string of the molecule is O=C(N1CCC(Cc2ccccc2F)CC1)C1(n2cccn2)CCNCC1. The van der Waals surface area contributed by atoms with Gasteiger partial charge in [0.15, 0.2) is 0 Å². The van der Waals surface area contributed by atoms with E-state index in [-0.39, 0.29) is 11.7 Å². The topological polar surface area (TPSA) is 50.2 Å². The molecule has 5 nitrogen and oxygen atoms in total. The molecule has 144 valence electrons. The van der Waals surface area contributed by atoms with E-state index in [1.165, 1.54) is 6.07 Å². The third-order valence-electron chi connectivity index (χ3n) is 6.14. The fraction of sp³-hybridized carbons (Fsp3) is 0.524. The summed E-state index contributed by atoms with van der Waals surface area (Å²) in [5.41, 5.74) is 0.223. The van der Waals surface area contributed by atoms with E-state index in [4.69, 9.17) is 0 Å². The van der Waals surface area contributed by atoms with Gasteiger partial charge in [-0.15, -0.1) is 0 Å². The number of piperidine rings is 2. The highest BCUT2D eigenvalue weighted by Crippen LogP contribution is 2.32. The summed E-state index contributed by atoms with van der Waals surface area (Å²) in [6.07, 6.45) is 7.79. The lowest BCUT2D eigenvalue weighted by Crippen LogP contribution is -2.57. The van der Waals surface area contributed by atoms with Crippen molar-refractivity contribution in [2.45, 2.75) is 37.6 Å². The molecule has 0 radical (unpaired) electrons. The van der Waals surface area contributed by atoms with E-state index in [0.717, 1.165) is 63.8 Å². The predicted molar refractivity (Wildman–Crippen MR) is 102 cm³/mol.